The zero-order chi connectivity index (χ0) is 14.7. The van der Waals surface area contributed by atoms with E-state index < -0.39 is 0 Å². The predicted molar refractivity (Wildman–Crippen MR) is 88.1 cm³/mol. The van der Waals surface area contributed by atoms with Crippen molar-refractivity contribution in [1.29, 1.82) is 0 Å². The molecular formula is C14H15ClIN3O. The van der Waals surface area contributed by atoms with Crippen molar-refractivity contribution in [3.8, 4) is 17.3 Å². The van der Waals surface area contributed by atoms with E-state index >= 15 is 0 Å². The van der Waals surface area contributed by atoms with Crippen LogP contribution >= 0.6 is 34.2 Å². The third-order valence-electron chi connectivity index (χ3n) is 2.68. The standard InChI is InChI=1S/C14H15ClIN3O/c1-8(2)6-10-12(16)13(15)19-14(18-10)9-4-5-11(20-3)17-7-9/h4-5,7-8H,6H2,1-3H3. The van der Waals surface area contributed by atoms with E-state index in [2.05, 4.69) is 51.4 Å². The average molecular weight is 404 g/mol. The van der Waals surface area contributed by atoms with Crippen LogP contribution in [-0.2, 0) is 6.42 Å². The van der Waals surface area contributed by atoms with E-state index in [9.17, 15) is 0 Å². The van der Waals surface area contributed by atoms with E-state index in [-0.39, 0.29) is 0 Å². The molecule has 0 aliphatic heterocycles. The van der Waals surface area contributed by atoms with Crippen LogP contribution in [0.2, 0.25) is 5.15 Å². The number of pyridine rings is 1. The molecule has 0 unspecified atom stereocenters. The second-order valence-corrected chi connectivity index (χ2v) is 6.22. The lowest BCUT2D eigenvalue weighted by Gasteiger charge is -2.10. The summed E-state index contributed by atoms with van der Waals surface area (Å²) >= 11 is 8.40. The second-order valence-electron chi connectivity index (χ2n) is 4.79. The van der Waals surface area contributed by atoms with Crippen molar-refractivity contribution in [2.45, 2.75) is 20.3 Å². The molecule has 4 nitrogen and oxygen atoms in total. The van der Waals surface area contributed by atoms with Gasteiger partial charge in [0.1, 0.15) is 5.15 Å². The van der Waals surface area contributed by atoms with Crippen LogP contribution in [0.25, 0.3) is 11.4 Å². The minimum absolute atomic E-state index is 0.488. The molecule has 0 atom stereocenters. The monoisotopic (exact) mass is 403 g/mol. The predicted octanol–water partition coefficient (Wildman–Crippen LogP) is 4.00. The Balaban J connectivity index is 2.42. The molecule has 0 aliphatic carbocycles. The first kappa shape index (κ1) is 15.4. The van der Waals surface area contributed by atoms with Gasteiger partial charge in [0.2, 0.25) is 5.88 Å². The van der Waals surface area contributed by atoms with E-state index in [4.69, 9.17) is 16.3 Å². The third kappa shape index (κ3) is 3.58. The van der Waals surface area contributed by atoms with E-state index in [0.29, 0.717) is 22.8 Å². The maximum absolute atomic E-state index is 6.21. The summed E-state index contributed by atoms with van der Waals surface area (Å²) < 4.78 is 5.96. The van der Waals surface area contributed by atoms with Gasteiger partial charge < -0.3 is 4.74 Å². The van der Waals surface area contributed by atoms with Crippen LogP contribution in [0.15, 0.2) is 18.3 Å². The molecule has 0 bridgehead atoms. The molecule has 20 heavy (non-hydrogen) atoms. The summed E-state index contributed by atoms with van der Waals surface area (Å²) in [4.78, 5) is 13.1. The number of ether oxygens (including phenoxy) is 1. The lowest BCUT2D eigenvalue weighted by atomic mass is 10.1. The Labute approximate surface area is 137 Å². The minimum Gasteiger partial charge on any atom is -0.481 e. The van der Waals surface area contributed by atoms with Gasteiger partial charge in [0.15, 0.2) is 5.82 Å². The molecule has 0 spiro atoms. The first-order valence-electron chi connectivity index (χ1n) is 6.23. The van der Waals surface area contributed by atoms with Gasteiger partial charge in [0.25, 0.3) is 0 Å². The summed E-state index contributed by atoms with van der Waals surface area (Å²) in [5.74, 6) is 1.67. The Morgan fingerprint density at radius 2 is 2.05 bits per heavy atom. The number of aromatic nitrogens is 3. The highest BCUT2D eigenvalue weighted by Crippen LogP contribution is 2.25. The van der Waals surface area contributed by atoms with Crippen molar-refractivity contribution < 1.29 is 4.74 Å². The molecule has 2 rings (SSSR count). The van der Waals surface area contributed by atoms with E-state index in [1.807, 2.05) is 6.07 Å². The van der Waals surface area contributed by atoms with Crippen molar-refractivity contribution in [3.05, 3.63) is 32.7 Å². The zero-order valence-electron chi connectivity index (χ0n) is 11.5. The van der Waals surface area contributed by atoms with Gasteiger partial charge in [0, 0.05) is 17.8 Å². The highest BCUT2D eigenvalue weighted by atomic mass is 127. The molecule has 0 aliphatic rings. The number of nitrogens with zero attached hydrogens (tertiary/aromatic N) is 3. The smallest absolute Gasteiger partial charge is 0.212 e. The van der Waals surface area contributed by atoms with Crippen LogP contribution in [0.1, 0.15) is 19.5 Å². The van der Waals surface area contributed by atoms with Gasteiger partial charge >= 0.3 is 0 Å². The highest BCUT2D eigenvalue weighted by Gasteiger charge is 2.13. The molecule has 0 radical (unpaired) electrons. The van der Waals surface area contributed by atoms with Crippen LogP contribution in [0.3, 0.4) is 0 Å². The summed E-state index contributed by atoms with van der Waals surface area (Å²) in [6, 6.07) is 3.66. The SMILES string of the molecule is COc1ccc(-c2nc(Cl)c(I)c(CC(C)C)n2)cn1. The maximum Gasteiger partial charge on any atom is 0.212 e. The topological polar surface area (TPSA) is 47.9 Å². The normalized spacial score (nSPS) is 10.9. The highest BCUT2D eigenvalue weighted by molar-refractivity contribution is 14.1. The van der Waals surface area contributed by atoms with Crippen LogP contribution in [-0.4, -0.2) is 22.1 Å². The first-order valence-corrected chi connectivity index (χ1v) is 7.69. The number of rotatable bonds is 4. The summed E-state index contributed by atoms with van der Waals surface area (Å²) in [7, 11) is 1.58. The van der Waals surface area contributed by atoms with Gasteiger partial charge in [-0.15, -0.1) is 0 Å². The Hall–Kier alpha value is -0.950. The fourth-order valence-electron chi connectivity index (χ4n) is 1.75. The van der Waals surface area contributed by atoms with Crippen molar-refractivity contribution in [2.24, 2.45) is 5.92 Å². The zero-order valence-corrected chi connectivity index (χ0v) is 14.4. The third-order valence-corrected chi connectivity index (χ3v) is 4.41. The molecule has 106 valence electrons. The summed E-state index contributed by atoms with van der Waals surface area (Å²) in [5.41, 5.74) is 1.81. The Bertz CT molecular complexity index is 602. The van der Waals surface area contributed by atoms with Gasteiger partial charge in [-0.1, -0.05) is 25.4 Å². The van der Waals surface area contributed by atoms with Gasteiger partial charge in [0.05, 0.1) is 16.4 Å². The van der Waals surface area contributed by atoms with E-state index in [1.54, 1.807) is 19.4 Å². The average Bonchev–Trinajstić information content (AvgIpc) is 2.43. The summed E-state index contributed by atoms with van der Waals surface area (Å²) in [5, 5.41) is 0.488. The van der Waals surface area contributed by atoms with Gasteiger partial charge in [-0.2, -0.15) is 0 Å². The molecule has 0 amide bonds. The largest absolute Gasteiger partial charge is 0.481 e. The molecule has 0 aromatic carbocycles. The molecule has 2 heterocycles. The number of methoxy groups -OCH3 is 1. The van der Waals surface area contributed by atoms with E-state index in [1.165, 1.54) is 0 Å². The number of halogens is 2. The molecular weight excluding hydrogens is 389 g/mol. The fraction of sp³-hybridized carbons (Fsp3) is 0.357. The summed E-state index contributed by atoms with van der Waals surface area (Å²) in [6.07, 6.45) is 2.56. The second kappa shape index (κ2) is 6.67. The van der Waals surface area contributed by atoms with Crippen molar-refractivity contribution in [2.75, 3.05) is 7.11 Å². The van der Waals surface area contributed by atoms with Crippen LogP contribution in [0, 0.1) is 9.49 Å². The Morgan fingerprint density at radius 3 is 2.60 bits per heavy atom. The van der Waals surface area contributed by atoms with Gasteiger partial charge in [-0.3, -0.25) is 0 Å². The maximum atomic E-state index is 6.21. The lowest BCUT2D eigenvalue weighted by molar-refractivity contribution is 0.398. The molecule has 0 fully saturated rings. The number of hydrogen-bond acceptors (Lipinski definition) is 4. The first-order chi connectivity index (χ1) is 9.51. The molecule has 0 N–H and O–H groups in total. The lowest BCUT2D eigenvalue weighted by Crippen LogP contribution is -2.04. The number of hydrogen-bond donors (Lipinski definition) is 0. The molecule has 2 aromatic heterocycles. The van der Waals surface area contributed by atoms with Crippen LogP contribution in [0.5, 0.6) is 5.88 Å². The summed E-state index contributed by atoms with van der Waals surface area (Å²) in [6.45, 7) is 4.31. The van der Waals surface area contributed by atoms with Crippen molar-refractivity contribution in [3.63, 3.8) is 0 Å². The molecule has 0 saturated carbocycles. The van der Waals surface area contributed by atoms with Gasteiger partial charge in [-0.05, 0) is 41.0 Å². The molecule has 2 aromatic rings. The minimum atomic E-state index is 0.488. The Kier molecular flexibility index (Phi) is 5.15. The molecule has 6 heteroatoms. The van der Waals surface area contributed by atoms with Crippen LogP contribution in [0.4, 0.5) is 0 Å². The van der Waals surface area contributed by atoms with Crippen LogP contribution < -0.4 is 4.74 Å². The Morgan fingerprint density at radius 1 is 1.30 bits per heavy atom. The van der Waals surface area contributed by atoms with Gasteiger partial charge in [-0.25, -0.2) is 15.0 Å². The molecule has 0 saturated heterocycles. The fourth-order valence-corrected chi connectivity index (χ4v) is 2.40. The van der Waals surface area contributed by atoms with Crippen molar-refractivity contribution in [1.82, 2.24) is 15.0 Å². The van der Waals surface area contributed by atoms with Crippen molar-refractivity contribution >= 4 is 34.2 Å². The van der Waals surface area contributed by atoms with E-state index in [0.717, 1.165) is 21.2 Å². The quantitative estimate of drug-likeness (QED) is 0.572.